The third-order valence-electron chi connectivity index (χ3n) is 5.49. The molecule has 0 saturated carbocycles. The lowest BCUT2D eigenvalue weighted by molar-refractivity contribution is 0.533. The first-order chi connectivity index (χ1) is 13.6. The van der Waals surface area contributed by atoms with E-state index < -0.39 is 0 Å². The van der Waals surface area contributed by atoms with Crippen molar-refractivity contribution in [3.8, 4) is 22.3 Å². The molecular formula is C26H26N2. The lowest BCUT2D eigenvalue weighted by Gasteiger charge is -2.12. The second kappa shape index (κ2) is 7.93. The molecule has 0 aromatic heterocycles. The fourth-order valence-electron chi connectivity index (χ4n) is 3.50. The number of fused-ring (bicyclic) bond motifs is 1. The monoisotopic (exact) mass is 366 g/mol. The van der Waals surface area contributed by atoms with Gasteiger partial charge in [-0.25, -0.2) is 0 Å². The number of hydrogen-bond donors (Lipinski definition) is 0. The summed E-state index contributed by atoms with van der Waals surface area (Å²) < 4.78 is 0. The van der Waals surface area contributed by atoms with Gasteiger partial charge in [0.25, 0.3) is 0 Å². The van der Waals surface area contributed by atoms with Crippen molar-refractivity contribution in [3.05, 3.63) is 78.4 Å². The molecule has 1 aliphatic rings. The maximum absolute atomic E-state index is 5.01. The molecule has 0 radical (unpaired) electrons. The zero-order chi connectivity index (χ0) is 19.5. The van der Waals surface area contributed by atoms with Crippen LogP contribution in [0.5, 0.6) is 0 Å². The van der Waals surface area contributed by atoms with Gasteiger partial charge in [-0.3, -0.25) is 9.98 Å². The average molecular weight is 367 g/mol. The van der Waals surface area contributed by atoms with Crippen molar-refractivity contribution < 1.29 is 0 Å². The van der Waals surface area contributed by atoms with E-state index in [0.29, 0.717) is 12.0 Å². The third kappa shape index (κ3) is 3.68. The van der Waals surface area contributed by atoms with Gasteiger partial charge < -0.3 is 0 Å². The average Bonchev–Trinajstić information content (AvgIpc) is 3.16. The van der Waals surface area contributed by atoms with Gasteiger partial charge in [-0.15, -0.1) is 0 Å². The standard InChI is InChI=1S/C26H26N2/c1-18(2)19(3)27-17-22-16-25-23(20-10-6-4-7-11-20)14-15-24(26(25)28-22)21-12-8-5-9-13-21/h4-15,17-19H,16H2,1-3H3. The first-order valence-corrected chi connectivity index (χ1v) is 10.0. The molecule has 2 nitrogen and oxygen atoms in total. The molecule has 1 unspecified atom stereocenters. The number of benzene rings is 3. The van der Waals surface area contributed by atoms with Crippen LogP contribution < -0.4 is 0 Å². The Kier molecular flexibility index (Phi) is 5.21. The van der Waals surface area contributed by atoms with E-state index >= 15 is 0 Å². The van der Waals surface area contributed by atoms with E-state index in [2.05, 4.69) is 93.6 Å². The Labute approximate surface area is 167 Å². The molecule has 28 heavy (non-hydrogen) atoms. The maximum Gasteiger partial charge on any atom is 0.0754 e. The Morgan fingerprint density at radius 1 is 0.786 bits per heavy atom. The third-order valence-corrected chi connectivity index (χ3v) is 5.49. The van der Waals surface area contributed by atoms with Crippen molar-refractivity contribution in [2.75, 3.05) is 0 Å². The van der Waals surface area contributed by atoms with Crippen LogP contribution in [-0.2, 0) is 6.42 Å². The van der Waals surface area contributed by atoms with Crippen LogP contribution in [0.1, 0.15) is 26.3 Å². The van der Waals surface area contributed by atoms with E-state index in [1.165, 1.54) is 27.8 Å². The molecule has 0 bridgehead atoms. The summed E-state index contributed by atoms with van der Waals surface area (Å²) in [6.45, 7) is 6.57. The minimum absolute atomic E-state index is 0.300. The molecule has 1 atom stereocenters. The van der Waals surface area contributed by atoms with Gasteiger partial charge in [0, 0.05) is 24.2 Å². The molecule has 0 fully saturated rings. The molecule has 2 heteroatoms. The largest absolute Gasteiger partial charge is 0.288 e. The van der Waals surface area contributed by atoms with E-state index in [-0.39, 0.29) is 0 Å². The zero-order valence-electron chi connectivity index (χ0n) is 16.8. The lowest BCUT2D eigenvalue weighted by Crippen LogP contribution is -2.10. The van der Waals surface area contributed by atoms with Gasteiger partial charge in [0.05, 0.1) is 11.4 Å². The molecule has 0 amide bonds. The van der Waals surface area contributed by atoms with Crippen LogP contribution in [0.3, 0.4) is 0 Å². The van der Waals surface area contributed by atoms with Crippen LogP contribution in [0.2, 0.25) is 0 Å². The quantitative estimate of drug-likeness (QED) is 0.445. The fourth-order valence-corrected chi connectivity index (χ4v) is 3.50. The van der Waals surface area contributed by atoms with Gasteiger partial charge in [0.2, 0.25) is 0 Å². The minimum Gasteiger partial charge on any atom is -0.288 e. The zero-order valence-corrected chi connectivity index (χ0v) is 16.8. The van der Waals surface area contributed by atoms with E-state index in [9.17, 15) is 0 Å². The summed E-state index contributed by atoms with van der Waals surface area (Å²) in [5, 5.41) is 0. The van der Waals surface area contributed by atoms with Crippen molar-refractivity contribution in [1.29, 1.82) is 0 Å². The fraction of sp³-hybridized carbons (Fsp3) is 0.231. The molecule has 3 aromatic carbocycles. The number of rotatable bonds is 5. The highest BCUT2D eigenvalue weighted by atomic mass is 14.8. The molecule has 140 valence electrons. The predicted octanol–water partition coefficient (Wildman–Crippen LogP) is 6.76. The van der Waals surface area contributed by atoms with Gasteiger partial charge in [-0.2, -0.15) is 0 Å². The van der Waals surface area contributed by atoms with Crippen molar-refractivity contribution >= 4 is 17.6 Å². The highest BCUT2D eigenvalue weighted by molar-refractivity contribution is 6.34. The van der Waals surface area contributed by atoms with Gasteiger partial charge >= 0.3 is 0 Å². The van der Waals surface area contributed by atoms with Crippen LogP contribution in [0.15, 0.2) is 82.8 Å². The molecule has 4 rings (SSSR count). The van der Waals surface area contributed by atoms with E-state index in [4.69, 9.17) is 9.98 Å². The Bertz CT molecular complexity index is 1020. The summed E-state index contributed by atoms with van der Waals surface area (Å²) in [6, 6.07) is 25.9. The maximum atomic E-state index is 5.01. The summed E-state index contributed by atoms with van der Waals surface area (Å²) in [4.78, 5) is 9.75. The summed E-state index contributed by atoms with van der Waals surface area (Å²) in [5.41, 5.74) is 8.33. The first-order valence-electron chi connectivity index (χ1n) is 10.0. The normalized spacial score (nSPS) is 14.4. The highest BCUT2D eigenvalue weighted by Gasteiger charge is 2.22. The van der Waals surface area contributed by atoms with Gasteiger partial charge in [0.1, 0.15) is 0 Å². The summed E-state index contributed by atoms with van der Waals surface area (Å²) in [7, 11) is 0. The van der Waals surface area contributed by atoms with Gasteiger partial charge in [-0.1, -0.05) is 86.6 Å². The Hall–Kier alpha value is -3.00. The molecule has 0 N–H and O–H groups in total. The van der Waals surface area contributed by atoms with E-state index in [1.807, 2.05) is 6.21 Å². The van der Waals surface area contributed by atoms with Crippen molar-refractivity contribution in [2.45, 2.75) is 33.2 Å². The van der Waals surface area contributed by atoms with Crippen LogP contribution in [0.4, 0.5) is 5.69 Å². The molecule has 0 saturated heterocycles. The van der Waals surface area contributed by atoms with Gasteiger partial charge in [-0.05, 0) is 35.1 Å². The SMILES string of the molecule is CC(C)C(C)N=CC1=Nc2c(-c3ccccc3)ccc(-c3ccccc3)c2C1. The summed E-state index contributed by atoms with van der Waals surface area (Å²) in [6.07, 6.45) is 2.81. The van der Waals surface area contributed by atoms with E-state index in [0.717, 1.165) is 17.8 Å². The predicted molar refractivity (Wildman–Crippen MR) is 121 cm³/mol. The highest BCUT2D eigenvalue weighted by Crippen LogP contribution is 2.42. The second-order valence-corrected chi connectivity index (χ2v) is 7.76. The van der Waals surface area contributed by atoms with Crippen LogP contribution in [0, 0.1) is 5.92 Å². The minimum atomic E-state index is 0.300. The summed E-state index contributed by atoms with van der Waals surface area (Å²) in [5.74, 6) is 0.528. The number of hydrogen-bond acceptors (Lipinski definition) is 2. The Morgan fingerprint density at radius 2 is 1.36 bits per heavy atom. The lowest BCUT2D eigenvalue weighted by atomic mass is 9.92. The van der Waals surface area contributed by atoms with Crippen LogP contribution in [-0.4, -0.2) is 18.0 Å². The van der Waals surface area contributed by atoms with Gasteiger partial charge in [0.15, 0.2) is 0 Å². The van der Waals surface area contributed by atoms with Crippen LogP contribution in [0.25, 0.3) is 22.3 Å². The number of nitrogens with zero attached hydrogens (tertiary/aromatic N) is 2. The van der Waals surface area contributed by atoms with Crippen molar-refractivity contribution in [1.82, 2.24) is 0 Å². The van der Waals surface area contributed by atoms with Crippen molar-refractivity contribution in [2.24, 2.45) is 15.9 Å². The van der Waals surface area contributed by atoms with Crippen LogP contribution >= 0.6 is 0 Å². The number of aliphatic imine (C=N–C) groups is 2. The molecule has 0 aliphatic carbocycles. The molecular weight excluding hydrogens is 340 g/mol. The molecule has 1 heterocycles. The molecule has 3 aromatic rings. The van der Waals surface area contributed by atoms with Crippen molar-refractivity contribution in [3.63, 3.8) is 0 Å². The Balaban J connectivity index is 1.79. The second-order valence-electron chi connectivity index (χ2n) is 7.76. The Morgan fingerprint density at radius 3 is 1.96 bits per heavy atom. The topological polar surface area (TPSA) is 24.7 Å². The van der Waals surface area contributed by atoms with E-state index in [1.54, 1.807) is 0 Å². The first kappa shape index (κ1) is 18.4. The molecule has 1 aliphatic heterocycles. The summed E-state index contributed by atoms with van der Waals surface area (Å²) >= 11 is 0. The smallest absolute Gasteiger partial charge is 0.0754 e. The molecule has 0 spiro atoms.